The number of rotatable bonds is 8. The molecule has 3 heterocycles. The van der Waals surface area contributed by atoms with Crippen LogP contribution in [-0.2, 0) is 16.8 Å². The van der Waals surface area contributed by atoms with Crippen LogP contribution < -0.4 is 15.8 Å². The zero-order valence-electron chi connectivity index (χ0n) is 17.2. The Morgan fingerprint density at radius 3 is 2.70 bits per heavy atom. The van der Waals surface area contributed by atoms with E-state index in [4.69, 9.17) is 5.14 Å². The SMILES string of the molecule is CCn1cnc2c(NC3CCN(S(N)(=O)=O)C3)nc(NC(CO)C3CCCC3)nc21. The Kier molecular flexibility index (Phi) is 6.09. The zero-order valence-corrected chi connectivity index (χ0v) is 18.0. The standard InChI is InChI=1S/C18H30N8O3S/c1-2-25-11-20-15-16(21-13-7-8-26(9-13)30(19,28)29)23-18(24-17(15)25)22-14(10-27)12-5-3-4-6-12/h11-14,27H,2-10H2,1H3,(H2,19,28,29)(H2,21,22,23,24). The third-order valence-electron chi connectivity index (χ3n) is 6.14. The van der Waals surface area contributed by atoms with E-state index in [9.17, 15) is 13.5 Å². The van der Waals surface area contributed by atoms with Crippen molar-refractivity contribution in [3.05, 3.63) is 6.33 Å². The second-order valence-electron chi connectivity index (χ2n) is 8.11. The van der Waals surface area contributed by atoms with Gasteiger partial charge in [-0.05, 0) is 32.1 Å². The van der Waals surface area contributed by atoms with Crippen LogP contribution in [0.2, 0.25) is 0 Å². The molecule has 0 bridgehead atoms. The first kappa shape index (κ1) is 21.2. The molecule has 1 aliphatic heterocycles. The lowest BCUT2D eigenvalue weighted by atomic mass is 9.99. The zero-order chi connectivity index (χ0) is 21.3. The van der Waals surface area contributed by atoms with Crippen molar-refractivity contribution in [3.8, 4) is 0 Å². The Bertz CT molecular complexity index is 989. The van der Waals surface area contributed by atoms with Gasteiger partial charge in [-0.15, -0.1) is 0 Å². The molecule has 0 radical (unpaired) electrons. The Morgan fingerprint density at radius 1 is 1.30 bits per heavy atom. The number of aliphatic hydroxyl groups excluding tert-OH is 1. The van der Waals surface area contributed by atoms with Crippen LogP contribution in [0.5, 0.6) is 0 Å². The molecule has 0 amide bonds. The van der Waals surface area contributed by atoms with Crippen LogP contribution in [0.25, 0.3) is 11.2 Å². The fourth-order valence-corrected chi connectivity index (χ4v) is 5.20. The average Bonchev–Trinajstić information content (AvgIpc) is 3.45. The van der Waals surface area contributed by atoms with Gasteiger partial charge in [0.15, 0.2) is 17.0 Å². The average molecular weight is 439 g/mol. The molecule has 0 aromatic carbocycles. The highest BCUT2D eigenvalue weighted by atomic mass is 32.2. The van der Waals surface area contributed by atoms with Crippen molar-refractivity contribution in [3.63, 3.8) is 0 Å². The second kappa shape index (κ2) is 8.61. The lowest BCUT2D eigenvalue weighted by molar-refractivity contribution is 0.238. The minimum atomic E-state index is -3.71. The van der Waals surface area contributed by atoms with Gasteiger partial charge >= 0.3 is 0 Å². The van der Waals surface area contributed by atoms with E-state index >= 15 is 0 Å². The molecule has 1 aliphatic carbocycles. The summed E-state index contributed by atoms with van der Waals surface area (Å²) in [6.45, 7) is 3.39. The van der Waals surface area contributed by atoms with Gasteiger partial charge in [-0.3, -0.25) is 0 Å². The van der Waals surface area contributed by atoms with Crippen LogP contribution in [0, 0.1) is 5.92 Å². The molecule has 1 saturated carbocycles. The molecule has 2 fully saturated rings. The number of fused-ring (bicyclic) bond motifs is 1. The van der Waals surface area contributed by atoms with Gasteiger partial charge in [0.05, 0.1) is 19.0 Å². The summed E-state index contributed by atoms with van der Waals surface area (Å²) in [5.41, 5.74) is 1.33. The topological polar surface area (TPSA) is 151 Å². The van der Waals surface area contributed by atoms with Gasteiger partial charge in [0.25, 0.3) is 10.2 Å². The second-order valence-corrected chi connectivity index (χ2v) is 9.66. The van der Waals surface area contributed by atoms with Gasteiger partial charge in [-0.1, -0.05) is 12.8 Å². The molecule has 30 heavy (non-hydrogen) atoms. The Labute approximate surface area is 176 Å². The summed E-state index contributed by atoms with van der Waals surface area (Å²) in [5.74, 6) is 1.39. The summed E-state index contributed by atoms with van der Waals surface area (Å²) >= 11 is 0. The minimum absolute atomic E-state index is 0.0216. The van der Waals surface area contributed by atoms with Crippen molar-refractivity contribution in [1.29, 1.82) is 0 Å². The lowest BCUT2D eigenvalue weighted by Gasteiger charge is -2.23. The van der Waals surface area contributed by atoms with Gasteiger partial charge in [-0.2, -0.15) is 22.7 Å². The van der Waals surface area contributed by atoms with E-state index in [0.717, 1.165) is 12.8 Å². The molecular weight excluding hydrogens is 408 g/mol. The summed E-state index contributed by atoms with van der Waals surface area (Å²) in [5, 5.41) is 21.8. The van der Waals surface area contributed by atoms with Crippen LogP contribution in [0.1, 0.15) is 39.0 Å². The largest absolute Gasteiger partial charge is 0.394 e. The molecule has 2 atom stereocenters. The van der Waals surface area contributed by atoms with E-state index in [1.165, 1.54) is 17.1 Å². The van der Waals surface area contributed by atoms with E-state index in [2.05, 4.69) is 25.6 Å². The molecule has 2 aromatic heterocycles. The molecule has 0 spiro atoms. The molecule has 2 unspecified atom stereocenters. The number of hydrogen-bond acceptors (Lipinski definition) is 8. The fraction of sp³-hybridized carbons (Fsp3) is 0.722. The fourth-order valence-electron chi connectivity index (χ4n) is 4.45. The summed E-state index contributed by atoms with van der Waals surface area (Å²) < 4.78 is 26.4. The maximum Gasteiger partial charge on any atom is 0.276 e. The van der Waals surface area contributed by atoms with Gasteiger partial charge in [-0.25, -0.2) is 10.1 Å². The Morgan fingerprint density at radius 2 is 2.07 bits per heavy atom. The number of aliphatic hydroxyl groups is 1. The molecule has 5 N–H and O–H groups in total. The quantitative estimate of drug-likeness (QED) is 0.465. The highest BCUT2D eigenvalue weighted by molar-refractivity contribution is 7.86. The predicted octanol–water partition coefficient (Wildman–Crippen LogP) is 0.499. The lowest BCUT2D eigenvalue weighted by Crippen LogP contribution is -2.36. The molecule has 11 nitrogen and oxygen atoms in total. The first-order valence-electron chi connectivity index (χ1n) is 10.5. The number of aryl methyl sites for hydroxylation is 1. The minimum Gasteiger partial charge on any atom is -0.394 e. The van der Waals surface area contributed by atoms with Gasteiger partial charge in [0.2, 0.25) is 5.95 Å². The Hall–Kier alpha value is -2.02. The van der Waals surface area contributed by atoms with Crippen LogP contribution >= 0.6 is 0 Å². The number of nitrogens with one attached hydrogen (secondary N) is 2. The maximum absolute atomic E-state index is 11.6. The number of hydrogen-bond donors (Lipinski definition) is 4. The normalized spacial score (nSPS) is 22.0. The summed E-state index contributed by atoms with van der Waals surface area (Å²) in [6, 6.07) is -0.218. The number of nitrogens with two attached hydrogens (primary N) is 1. The third-order valence-corrected chi connectivity index (χ3v) is 7.19. The molecule has 4 rings (SSSR count). The molecule has 166 valence electrons. The van der Waals surface area contributed by atoms with E-state index in [-0.39, 0.29) is 25.2 Å². The molecular formula is C18H30N8O3S. The summed E-state index contributed by atoms with van der Waals surface area (Å²) in [7, 11) is -3.71. The highest BCUT2D eigenvalue weighted by Crippen LogP contribution is 2.30. The Balaban J connectivity index is 1.61. The van der Waals surface area contributed by atoms with Crippen LogP contribution in [0.4, 0.5) is 11.8 Å². The smallest absolute Gasteiger partial charge is 0.276 e. The van der Waals surface area contributed by atoms with Gasteiger partial charge in [0, 0.05) is 25.7 Å². The molecule has 2 aliphatic rings. The molecule has 12 heteroatoms. The van der Waals surface area contributed by atoms with Crippen molar-refractivity contribution in [1.82, 2.24) is 23.8 Å². The van der Waals surface area contributed by atoms with Gasteiger partial charge in [0.1, 0.15) is 0 Å². The monoisotopic (exact) mass is 438 g/mol. The van der Waals surface area contributed by atoms with E-state index in [1.54, 1.807) is 6.33 Å². The van der Waals surface area contributed by atoms with Gasteiger partial charge < -0.3 is 20.3 Å². The summed E-state index contributed by atoms with van der Waals surface area (Å²) in [6.07, 6.45) is 6.88. The van der Waals surface area contributed by atoms with Crippen LogP contribution in [-0.4, -0.2) is 69.1 Å². The van der Waals surface area contributed by atoms with Crippen LogP contribution in [0.3, 0.4) is 0 Å². The molecule has 1 saturated heterocycles. The van der Waals surface area contributed by atoms with Crippen molar-refractivity contribution in [2.24, 2.45) is 11.1 Å². The van der Waals surface area contributed by atoms with Crippen molar-refractivity contribution < 1.29 is 13.5 Å². The predicted molar refractivity (Wildman–Crippen MR) is 114 cm³/mol. The first-order valence-corrected chi connectivity index (χ1v) is 12.0. The van der Waals surface area contributed by atoms with E-state index < -0.39 is 10.2 Å². The highest BCUT2D eigenvalue weighted by Gasteiger charge is 2.30. The van der Waals surface area contributed by atoms with Crippen LogP contribution in [0.15, 0.2) is 6.33 Å². The van der Waals surface area contributed by atoms with Crippen molar-refractivity contribution in [2.75, 3.05) is 30.3 Å². The number of nitrogens with zero attached hydrogens (tertiary/aromatic N) is 5. The summed E-state index contributed by atoms with van der Waals surface area (Å²) in [4.78, 5) is 13.8. The number of imidazole rings is 1. The third kappa shape index (κ3) is 4.36. The van der Waals surface area contributed by atoms with Crippen molar-refractivity contribution in [2.45, 2.75) is 57.7 Å². The maximum atomic E-state index is 11.6. The van der Waals surface area contributed by atoms with E-state index in [1.807, 2.05) is 11.5 Å². The van der Waals surface area contributed by atoms with E-state index in [0.29, 0.717) is 48.4 Å². The number of anilines is 2. The van der Waals surface area contributed by atoms with Crippen molar-refractivity contribution >= 4 is 33.1 Å². The molecule has 2 aromatic rings. The number of aromatic nitrogens is 4. The first-order chi connectivity index (χ1) is 14.4.